The van der Waals surface area contributed by atoms with E-state index in [4.69, 9.17) is 27.2 Å². The number of benzene rings is 1. The number of hydrogen-bond donors (Lipinski definition) is 2. The van der Waals surface area contributed by atoms with Gasteiger partial charge in [0.1, 0.15) is 12.4 Å². The van der Waals surface area contributed by atoms with Gasteiger partial charge in [0, 0.05) is 17.1 Å². The van der Waals surface area contributed by atoms with Gasteiger partial charge in [-0.05, 0) is 12.1 Å². The molecule has 0 radical (unpaired) electrons. The first kappa shape index (κ1) is 14.1. The summed E-state index contributed by atoms with van der Waals surface area (Å²) in [5.41, 5.74) is 5.80. The topological polar surface area (TPSA) is 55.5 Å². The molecule has 0 saturated carbocycles. The van der Waals surface area contributed by atoms with Crippen LogP contribution in [0.3, 0.4) is 0 Å². The van der Waals surface area contributed by atoms with Crippen molar-refractivity contribution >= 4 is 11.6 Å². The van der Waals surface area contributed by atoms with Gasteiger partial charge in [0.15, 0.2) is 6.10 Å². The lowest BCUT2D eigenvalue weighted by Gasteiger charge is -2.17. The van der Waals surface area contributed by atoms with Crippen LogP contribution in [0.4, 0.5) is 13.2 Å². The Hall–Kier alpha value is -0.980. The normalized spacial score (nSPS) is 13.5. The van der Waals surface area contributed by atoms with Crippen LogP contribution in [0.2, 0.25) is 5.02 Å². The molecule has 7 heteroatoms. The van der Waals surface area contributed by atoms with E-state index >= 15 is 0 Å². The van der Waals surface area contributed by atoms with Crippen molar-refractivity contribution in [3.8, 4) is 5.75 Å². The minimum Gasteiger partial charge on any atom is -0.490 e. The molecule has 3 nitrogen and oxygen atoms in total. The molecular formula is C10H11ClF3NO2. The van der Waals surface area contributed by atoms with Crippen molar-refractivity contribution in [3.05, 3.63) is 28.8 Å². The first-order chi connectivity index (χ1) is 7.86. The number of rotatable bonds is 4. The van der Waals surface area contributed by atoms with E-state index in [9.17, 15) is 13.2 Å². The molecule has 96 valence electrons. The fourth-order valence-corrected chi connectivity index (χ4v) is 1.38. The molecule has 0 fully saturated rings. The van der Waals surface area contributed by atoms with E-state index in [-0.39, 0.29) is 12.3 Å². The highest BCUT2D eigenvalue weighted by molar-refractivity contribution is 6.31. The molecular weight excluding hydrogens is 259 g/mol. The van der Waals surface area contributed by atoms with E-state index in [2.05, 4.69) is 0 Å². The largest absolute Gasteiger partial charge is 0.490 e. The molecule has 0 aliphatic carbocycles. The van der Waals surface area contributed by atoms with Crippen LogP contribution in [0.25, 0.3) is 0 Å². The van der Waals surface area contributed by atoms with Crippen LogP contribution >= 0.6 is 11.6 Å². The predicted octanol–water partition coefficient (Wildman–Crippen LogP) is 2.10. The number of halogens is 4. The maximum Gasteiger partial charge on any atom is 0.417 e. The Morgan fingerprint density at radius 3 is 2.59 bits per heavy atom. The molecule has 0 bridgehead atoms. The molecule has 1 aromatic rings. The minimum absolute atomic E-state index is 0.0388. The van der Waals surface area contributed by atoms with Crippen LogP contribution in [0.1, 0.15) is 5.56 Å². The summed E-state index contributed by atoms with van der Waals surface area (Å²) in [6.07, 6.45) is -7.24. The Bertz CT molecular complexity index is 384. The summed E-state index contributed by atoms with van der Waals surface area (Å²) in [4.78, 5) is 0. The molecule has 0 spiro atoms. The molecule has 0 heterocycles. The number of ether oxygens (including phenoxy) is 1. The van der Waals surface area contributed by atoms with Crippen molar-refractivity contribution in [2.45, 2.75) is 18.8 Å². The second-order valence-corrected chi connectivity index (χ2v) is 3.70. The van der Waals surface area contributed by atoms with Crippen molar-refractivity contribution in [1.82, 2.24) is 0 Å². The molecule has 0 amide bonds. The minimum atomic E-state index is -4.71. The highest BCUT2D eigenvalue weighted by atomic mass is 35.5. The van der Waals surface area contributed by atoms with E-state index < -0.39 is 18.9 Å². The van der Waals surface area contributed by atoms with Crippen molar-refractivity contribution in [1.29, 1.82) is 0 Å². The van der Waals surface area contributed by atoms with Gasteiger partial charge in [-0.3, -0.25) is 0 Å². The third-order valence-corrected chi connectivity index (χ3v) is 2.41. The van der Waals surface area contributed by atoms with Gasteiger partial charge in [0.05, 0.1) is 0 Å². The SMILES string of the molecule is NCc1c(Cl)cccc1OCC(O)C(F)(F)F. The number of alkyl halides is 3. The number of hydrogen-bond acceptors (Lipinski definition) is 3. The van der Waals surface area contributed by atoms with Gasteiger partial charge >= 0.3 is 6.18 Å². The Balaban J connectivity index is 2.73. The highest BCUT2D eigenvalue weighted by Crippen LogP contribution is 2.27. The first-order valence-corrected chi connectivity index (χ1v) is 5.09. The Morgan fingerprint density at radius 2 is 2.06 bits per heavy atom. The Kier molecular flexibility index (Phi) is 4.62. The van der Waals surface area contributed by atoms with Crippen LogP contribution in [0.5, 0.6) is 5.75 Å². The lowest BCUT2D eigenvalue weighted by molar-refractivity contribution is -0.210. The van der Waals surface area contributed by atoms with Gasteiger partial charge in [-0.2, -0.15) is 13.2 Å². The predicted molar refractivity (Wildman–Crippen MR) is 56.9 cm³/mol. The monoisotopic (exact) mass is 269 g/mol. The maximum absolute atomic E-state index is 12.0. The van der Waals surface area contributed by atoms with Crippen molar-refractivity contribution in [3.63, 3.8) is 0 Å². The second-order valence-electron chi connectivity index (χ2n) is 3.29. The van der Waals surface area contributed by atoms with Crippen LogP contribution in [0.15, 0.2) is 18.2 Å². The third kappa shape index (κ3) is 3.76. The van der Waals surface area contributed by atoms with Gasteiger partial charge in [0.25, 0.3) is 0 Å². The molecule has 1 rings (SSSR count). The molecule has 1 unspecified atom stereocenters. The van der Waals surface area contributed by atoms with E-state index in [1.165, 1.54) is 12.1 Å². The quantitative estimate of drug-likeness (QED) is 0.880. The van der Waals surface area contributed by atoms with E-state index in [1.54, 1.807) is 6.07 Å². The number of aliphatic hydroxyl groups is 1. The summed E-state index contributed by atoms with van der Waals surface area (Å²) < 4.78 is 41.0. The second kappa shape index (κ2) is 5.57. The van der Waals surface area contributed by atoms with Gasteiger partial charge < -0.3 is 15.6 Å². The molecule has 0 aliphatic heterocycles. The fraction of sp³-hybridized carbons (Fsp3) is 0.400. The summed E-state index contributed by atoms with van der Waals surface area (Å²) in [6.45, 7) is -0.853. The Morgan fingerprint density at radius 1 is 1.41 bits per heavy atom. The molecule has 0 aliphatic rings. The van der Waals surface area contributed by atoms with Crippen molar-refractivity contribution in [2.75, 3.05) is 6.61 Å². The summed E-state index contributed by atoms with van der Waals surface area (Å²) in [5, 5.41) is 9.08. The van der Waals surface area contributed by atoms with E-state index in [0.717, 1.165) is 0 Å². The van der Waals surface area contributed by atoms with Gasteiger partial charge in [-0.25, -0.2) is 0 Å². The van der Waals surface area contributed by atoms with Gasteiger partial charge in [0.2, 0.25) is 0 Å². The summed E-state index contributed by atoms with van der Waals surface area (Å²) >= 11 is 5.79. The average Bonchev–Trinajstić information content (AvgIpc) is 2.24. The lowest BCUT2D eigenvalue weighted by atomic mass is 10.2. The zero-order chi connectivity index (χ0) is 13.1. The van der Waals surface area contributed by atoms with Gasteiger partial charge in [-0.1, -0.05) is 17.7 Å². The van der Waals surface area contributed by atoms with Crippen LogP contribution in [-0.4, -0.2) is 24.0 Å². The maximum atomic E-state index is 12.0. The highest BCUT2D eigenvalue weighted by Gasteiger charge is 2.38. The molecule has 0 saturated heterocycles. The Labute approximate surface area is 101 Å². The fourth-order valence-electron chi connectivity index (χ4n) is 1.14. The number of aliphatic hydroxyl groups excluding tert-OH is 1. The summed E-state index contributed by atoms with van der Waals surface area (Å²) in [6, 6.07) is 4.52. The molecule has 1 atom stereocenters. The summed E-state index contributed by atoms with van der Waals surface area (Å²) in [7, 11) is 0. The van der Waals surface area contributed by atoms with Crippen LogP contribution < -0.4 is 10.5 Å². The first-order valence-electron chi connectivity index (χ1n) is 4.71. The average molecular weight is 270 g/mol. The molecule has 0 aromatic heterocycles. The lowest BCUT2D eigenvalue weighted by Crippen LogP contribution is -2.34. The molecule has 17 heavy (non-hydrogen) atoms. The zero-order valence-electron chi connectivity index (χ0n) is 8.67. The summed E-state index contributed by atoms with van der Waals surface area (Å²) in [5.74, 6) is 0.142. The van der Waals surface area contributed by atoms with Crippen LogP contribution in [0, 0.1) is 0 Å². The van der Waals surface area contributed by atoms with E-state index in [1.807, 2.05) is 0 Å². The molecule has 3 N–H and O–H groups in total. The van der Waals surface area contributed by atoms with Crippen LogP contribution in [-0.2, 0) is 6.54 Å². The third-order valence-electron chi connectivity index (χ3n) is 2.05. The van der Waals surface area contributed by atoms with E-state index in [0.29, 0.717) is 10.6 Å². The van der Waals surface area contributed by atoms with Gasteiger partial charge in [-0.15, -0.1) is 0 Å². The molecule has 1 aromatic carbocycles. The van der Waals surface area contributed by atoms with Crippen molar-refractivity contribution < 1.29 is 23.0 Å². The smallest absolute Gasteiger partial charge is 0.417 e. The zero-order valence-corrected chi connectivity index (χ0v) is 9.42. The van der Waals surface area contributed by atoms with Crippen molar-refractivity contribution in [2.24, 2.45) is 5.73 Å². The number of nitrogens with two attached hydrogens (primary N) is 1. The standard InChI is InChI=1S/C10H11ClF3NO2/c11-7-2-1-3-8(6(7)4-15)17-5-9(16)10(12,13)14/h1-3,9,16H,4-5,15H2.